The lowest BCUT2D eigenvalue weighted by molar-refractivity contribution is -0.274. The topological polar surface area (TPSA) is 112 Å². The van der Waals surface area contributed by atoms with Crippen LogP contribution >= 0.6 is 11.3 Å². The lowest BCUT2D eigenvalue weighted by Crippen LogP contribution is -2.48. The molecule has 1 fully saturated rings. The van der Waals surface area contributed by atoms with Crippen LogP contribution in [0, 0.1) is 0 Å². The molecule has 14 heteroatoms. The van der Waals surface area contributed by atoms with Gasteiger partial charge in [-0.3, -0.25) is 10.0 Å². The Labute approximate surface area is 167 Å². The molecule has 1 aliphatic heterocycles. The highest BCUT2D eigenvalue weighted by molar-refractivity contribution is 7.89. The van der Waals surface area contributed by atoms with Crippen LogP contribution in [0.1, 0.15) is 9.67 Å². The first-order chi connectivity index (χ1) is 13.6. The van der Waals surface area contributed by atoms with Gasteiger partial charge >= 0.3 is 6.36 Å². The number of hydrogen-bond donors (Lipinski definition) is 2. The molecule has 2 heterocycles. The number of rotatable bonds is 5. The predicted octanol–water partition coefficient (Wildman–Crippen LogP) is 1.67. The van der Waals surface area contributed by atoms with Gasteiger partial charge in [-0.05, 0) is 24.3 Å². The summed E-state index contributed by atoms with van der Waals surface area (Å²) in [4.78, 5) is 17.3. The number of thiazole rings is 1. The molecule has 9 nitrogen and oxygen atoms in total. The van der Waals surface area contributed by atoms with Crippen molar-refractivity contribution >= 4 is 32.4 Å². The molecule has 1 aromatic carbocycles. The van der Waals surface area contributed by atoms with E-state index in [1.165, 1.54) is 16.0 Å². The average molecular weight is 452 g/mol. The molecule has 0 atom stereocenters. The summed E-state index contributed by atoms with van der Waals surface area (Å²) >= 11 is 1.05. The molecule has 0 radical (unpaired) electrons. The van der Waals surface area contributed by atoms with E-state index in [4.69, 9.17) is 5.21 Å². The quantitative estimate of drug-likeness (QED) is 0.524. The van der Waals surface area contributed by atoms with E-state index in [1.54, 1.807) is 4.90 Å². The molecule has 29 heavy (non-hydrogen) atoms. The number of aromatic nitrogens is 1. The van der Waals surface area contributed by atoms with Gasteiger partial charge in [0.25, 0.3) is 5.91 Å². The van der Waals surface area contributed by atoms with Crippen molar-refractivity contribution in [3.8, 4) is 5.75 Å². The van der Waals surface area contributed by atoms with Crippen molar-refractivity contribution in [3.05, 3.63) is 35.3 Å². The van der Waals surface area contributed by atoms with Crippen LogP contribution in [0.25, 0.3) is 0 Å². The number of benzene rings is 1. The summed E-state index contributed by atoms with van der Waals surface area (Å²) in [5.41, 5.74) is 1.51. The maximum Gasteiger partial charge on any atom is 0.573 e. The molecule has 1 aromatic heterocycles. The van der Waals surface area contributed by atoms with E-state index in [1.807, 2.05) is 0 Å². The maximum atomic E-state index is 12.7. The third kappa shape index (κ3) is 4.95. The number of anilines is 1. The van der Waals surface area contributed by atoms with E-state index >= 15 is 0 Å². The van der Waals surface area contributed by atoms with Crippen LogP contribution in [0.5, 0.6) is 5.75 Å². The summed E-state index contributed by atoms with van der Waals surface area (Å²) in [5.74, 6) is -1.19. The fraction of sp³-hybridized carbons (Fsp3) is 0.333. The average Bonchev–Trinajstić information content (AvgIpc) is 3.17. The van der Waals surface area contributed by atoms with Gasteiger partial charge in [-0.15, -0.1) is 13.2 Å². The normalized spacial score (nSPS) is 15.9. The number of nitrogens with zero attached hydrogens (tertiary/aromatic N) is 3. The SMILES string of the molecule is O=C(NO)c1cnc(N2CCN(S(=O)(=O)c3ccc(OC(F)(F)F)cc3)CC2)s1. The van der Waals surface area contributed by atoms with E-state index in [0.29, 0.717) is 18.2 Å². The molecule has 0 aliphatic carbocycles. The largest absolute Gasteiger partial charge is 0.573 e. The smallest absolute Gasteiger partial charge is 0.406 e. The van der Waals surface area contributed by atoms with Gasteiger partial charge in [0, 0.05) is 26.2 Å². The monoisotopic (exact) mass is 452 g/mol. The van der Waals surface area contributed by atoms with Crippen LogP contribution in [0.3, 0.4) is 0 Å². The minimum absolute atomic E-state index is 0.129. The van der Waals surface area contributed by atoms with Crippen molar-refractivity contribution in [2.75, 3.05) is 31.1 Å². The molecule has 3 rings (SSSR count). The Balaban J connectivity index is 1.65. The highest BCUT2D eigenvalue weighted by atomic mass is 32.2. The van der Waals surface area contributed by atoms with Crippen LogP contribution in [0.4, 0.5) is 18.3 Å². The third-order valence-electron chi connectivity index (χ3n) is 4.02. The standard InChI is InChI=1S/C15H15F3N4O5S2/c16-15(17,18)27-10-1-3-11(4-2-10)29(25,26)22-7-5-21(6-8-22)14-19-9-12(28-14)13(23)20-24/h1-4,9,24H,5-8H2,(H,20,23). The molecular weight excluding hydrogens is 437 g/mol. The second kappa shape index (κ2) is 8.14. The molecule has 0 saturated carbocycles. The summed E-state index contributed by atoms with van der Waals surface area (Å²) in [6.07, 6.45) is -3.55. The number of nitrogens with one attached hydrogen (secondary N) is 1. The van der Waals surface area contributed by atoms with Gasteiger partial charge in [-0.1, -0.05) is 11.3 Å². The summed E-state index contributed by atoms with van der Waals surface area (Å²) in [7, 11) is -3.88. The number of sulfonamides is 1. The number of ether oxygens (including phenoxy) is 1. The fourth-order valence-electron chi connectivity index (χ4n) is 2.65. The zero-order valence-electron chi connectivity index (χ0n) is 14.6. The molecule has 0 bridgehead atoms. The van der Waals surface area contributed by atoms with Crippen LogP contribution < -0.4 is 15.1 Å². The number of carbonyl (C=O) groups is 1. The van der Waals surface area contributed by atoms with Gasteiger partial charge in [0.15, 0.2) is 5.13 Å². The second-order valence-corrected chi connectivity index (χ2v) is 8.81. The van der Waals surface area contributed by atoms with E-state index in [9.17, 15) is 26.4 Å². The van der Waals surface area contributed by atoms with Gasteiger partial charge in [0.1, 0.15) is 10.6 Å². The van der Waals surface area contributed by atoms with Crippen LogP contribution in [0.15, 0.2) is 35.4 Å². The van der Waals surface area contributed by atoms with Crippen molar-refractivity contribution in [2.45, 2.75) is 11.3 Å². The minimum atomic E-state index is -4.86. The number of hydroxylamine groups is 1. The second-order valence-electron chi connectivity index (χ2n) is 5.86. The Kier molecular flexibility index (Phi) is 5.97. The zero-order chi connectivity index (χ0) is 21.2. The zero-order valence-corrected chi connectivity index (χ0v) is 16.2. The van der Waals surface area contributed by atoms with Crippen molar-refractivity contribution in [2.24, 2.45) is 0 Å². The van der Waals surface area contributed by atoms with Crippen molar-refractivity contribution in [1.82, 2.24) is 14.8 Å². The summed E-state index contributed by atoms with van der Waals surface area (Å²) in [5, 5.41) is 9.15. The first-order valence-electron chi connectivity index (χ1n) is 8.11. The van der Waals surface area contributed by atoms with Gasteiger partial charge in [-0.25, -0.2) is 18.9 Å². The molecule has 1 amide bonds. The Hall–Kier alpha value is -2.42. The number of halogens is 3. The van der Waals surface area contributed by atoms with E-state index in [0.717, 1.165) is 35.6 Å². The number of piperazine rings is 1. The molecule has 1 aliphatic rings. The van der Waals surface area contributed by atoms with Gasteiger partial charge in [0.2, 0.25) is 10.0 Å². The van der Waals surface area contributed by atoms with Crippen molar-refractivity contribution in [1.29, 1.82) is 0 Å². The first-order valence-corrected chi connectivity index (χ1v) is 10.4. The third-order valence-corrected chi connectivity index (χ3v) is 6.99. The number of carbonyl (C=O) groups excluding carboxylic acids is 1. The molecule has 158 valence electrons. The van der Waals surface area contributed by atoms with E-state index in [-0.39, 0.29) is 22.9 Å². The van der Waals surface area contributed by atoms with Gasteiger partial charge in [-0.2, -0.15) is 4.31 Å². The minimum Gasteiger partial charge on any atom is -0.406 e. The predicted molar refractivity (Wildman–Crippen MR) is 95.5 cm³/mol. The molecular formula is C15H15F3N4O5S2. The number of alkyl halides is 3. The summed E-state index contributed by atoms with van der Waals surface area (Å²) < 4.78 is 67.0. The Morgan fingerprint density at radius 3 is 2.34 bits per heavy atom. The Morgan fingerprint density at radius 1 is 1.17 bits per heavy atom. The van der Waals surface area contributed by atoms with Crippen LogP contribution in [-0.4, -0.2) is 61.4 Å². The van der Waals surface area contributed by atoms with Gasteiger partial charge in [0.05, 0.1) is 11.1 Å². The van der Waals surface area contributed by atoms with Crippen LogP contribution in [-0.2, 0) is 10.0 Å². The Bertz CT molecular complexity index is 971. The van der Waals surface area contributed by atoms with Crippen molar-refractivity contribution in [3.63, 3.8) is 0 Å². The first kappa shape index (κ1) is 21.3. The lowest BCUT2D eigenvalue weighted by Gasteiger charge is -2.33. The summed E-state index contributed by atoms with van der Waals surface area (Å²) in [6.45, 7) is 0.874. The molecule has 1 saturated heterocycles. The van der Waals surface area contributed by atoms with Crippen LogP contribution in [0.2, 0.25) is 0 Å². The van der Waals surface area contributed by atoms with Gasteiger partial charge < -0.3 is 9.64 Å². The fourth-order valence-corrected chi connectivity index (χ4v) is 4.93. The summed E-state index contributed by atoms with van der Waals surface area (Å²) in [6, 6.07) is 4.01. The lowest BCUT2D eigenvalue weighted by atomic mass is 10.3. The number of amides is 1. The Morgan fingerprint density at radius 2 is 1.79 bits per heavy atom. The molecule has 0 spiro atoms. The molecule has 0 unspecified atom stereocenters. The number of hydrogen-bond acceptors (Lipinski definition) is 8. The highest BCUT2D eigenvalue weighted by Crippen LogP contribution is 2.27. The highest BCUT2D eigenvalue weighted by Gasteiger charge is 2.32. The maximum absolute atomic E-state index is 12.7. The van der Waals surface area contributed by atoms with E-state index < -0.39 is 28.0 Å². The molecule has 2 N–H and O–H groups in total. The van der Waals surface area contributed by atoms with Crippen molar-refractivity contribution < 1.29 is 36.3 Å². The molecule has 2 aromatic rings. The van der Waals surface area contributed by atoms with E-state index in [2.05, 4.69) is 9.72 Å².